The molecule has 1 aromatic rings. The standard InChI is InChI=1S/C26H30F3NO5S/c1-5-18-13-16-9-12-19(23(31)30-22(24(32)33)25(3,4)6-2)20(21(16)36-18)34-14-15-7-10-17(11-8-15)35-26(27,28)29/h7-13,16,21-22H,5-6,14H2,1-4H3,(H,30,31)(H,32,33)/t16?,21?,22-/m1/s1. The zero-order valence-corrected chi connectivity index (χ0v) is 21.3. The van der Waals surface area contributed by atoms with E-state index in [0.29, 0.717) is 17.7 Å². The van der Waals surface area contributed by atoms with Crippen LogP contribution in [0.15, 0.2) is 58.7 Å². The maximum absolute atomic E-state index is 13.3. The zero-order chi connectivity index (χ0) is 26.7. The van der Waals surface area contributed by atoms with Crippen LogP contribution in [0.5, 0.6) is 5.75 Å². The highest BCUT2D eigenvalue weighted by Crippen LogP contribution is 2.46. The number of allylic oxidation sites excluding steroid dienone is 3. The third-order valence-electron chi connectivity index (χ3n) is 6.37. The molecular formula is C26H30F3NO5S. The van der Waals surface area contributed by atoms with Gasteiger partial charge in [0.05, 0.1) is 10.8 Å². The summed E-state index contributed by atoms with van der Waals surface area (Å²) in [6.45, 7) is 7.47. The molecule has 10 heteroatoms. The van der Waals surface area contributed by atoms with Gasteiger partial charge in [-0.25, -0.2) is 4.79 Å². The quantitative estimate of drug-likeness (QED) is 0.392. The van der Waals surface area contributed by atoms with Gasteiger partial charge in [0.15, 0.2) is 0 Å². The number of carboxylic acid groups (broad SMARTS) is 1. The van der Waals surface area contributed by atoms with E-state index in [1.165, 1.54) is 24.3 Å². The Morgan fingerprint density at radius 3 is 2.39 bits per heavy atom. The van der Waals surface area contributed by atoms with Crippen LogP contribution in [-0.2, 0) is 20.9 Å². The Balaban J connectivity index is 1.85. The Morgan fingerprint density at radius 1 is 1.17 bits per heavy atom. The third-order valence-corrected chi connectivity index (χ3v) is 7.88. The van der Waals surface area contributed by atoms with Crippen LogP contribution in [0.3, 0.4) is 0 Å². The lowest BCUT2D eigenvalue weighted by molar-refractivity contribution is -0.274. The first-order chi connectivity index (χ1) is 16.8. The minimum Gasteiger partial charge on any atom is -0.491 e. The van der Waals surface area contributed by atoms with Crippen LogP contribution in [0.2, 0.25) is 0 Å². The summed E-state index contributed by atoms with van der Waals surface area (Å²) in [4.78, 5) is 26.4. The Kier molecular flexibility index (Phi) is 8.48. The van der Waals surface area contributed by atoms with Crippen LogP contribution in [0, 0.1) is 11.3 Å². The second-order valence-corrected chi connectivity index (χ2v) is 10.6. The molecule has 2 unspecified atom stereocenters. The Bertz CT molecular complexity index is 1080. The van der Waals surface area contributed by atoms with Crippen LogP contribution in [0.1, 0.15) is 46.1 Å². The summed E-state index contributed by atoms with van der Waals surface area (Å²) in [5.41, 5.74) is 0.151. The highest BCUT2D eigenvalue weighted by Gasteiger charge is 2.39. The summed E-state index contributed by atoms with van der Waals surface area (Å²) < 4.78 is 47.3. The minimum absolute atomic E-state index is 0.0142. The summed E-state index contributed by atoms with van der Waals surface area (Å²) >= 11 is 1.59. The number of benzene rings is 1. The van der Waals surface area contributed by atoms with Gasteiger partial charge in [0, 0.05) is 5.92 Å². The number of amides is 1. The normalized spacial score (nSPS) is 20.5. The average molecular weight is 526 g/mol. The van der Waals surface area contributed by atoms with Crippen molar-refractivity contribution in [3.8, 4) is 5.75 Å². The van der Waals surface area contributed by atoms with Gasteiger partial charge in [-0.3, -0.25) is 4.79 Å². The van der Waals surface area contributed by atoms with Gasteiger partial charge in [-0.05, 0) is 46.9 Å². The molecule has 0 spiro atoms. The first kappa shape index (κ1) is 27.7. The Morgan fingerprint density at radius 2 is 1.83 bits per heavy atom. The topological polar surface area (TPSA) is 84.9 Å². The second kappa shape index (κ2) is 11.0. The molecule has 0 saturated carbocycles. The second-order valence-electron chi connectivity index (χ2n) is 9.31. The number of fused-ring (bicyclic) bond motifs is 1. The molecule has 6 nitrogen and oxygen atoms in total. The molecule has 0 bridgehead atoms. The molecule has 3 rings (SSSR count). The van der Waals surface area contributed by atoms with Gasteiger partial charge in [0.1, 0.15) is 24.2 Å². The van der Waals surface area contributed by atoms with Crippen molar-refractivity contribution < 1.29 is 37.3 Å². The van der Waals surface area contributed by atoms with Gasteiger partial charge >= 0.3 is 12.3 Å². The number of hydrogen-bond donors (Lipinski definition) is 2. The molecule has 1 aliphatic carbocycles. The molecule has 1 aromatic carbocycles. The number of hydrogen-bond acceptors (Lipinski definition) is 5. The molecule has 0 saturated heterocycles. The van der Waals surface area contributed by atoms with Crippen molar-refractivity contribution >= 4 is 23.6 Å². The van der Waals surface area contributed by atoms with Gasteiger partial charge in [-0.2, -0.15) is 0 Å². The molecule has 36 heavy (non-hydrogen) atoms. The van der Waals surface area contributed by atoms with E-state index in [9.17, 15) is 27.9 Å². The van der Waals surface area contributed by atoms with E-state index in [1.807, 2.05) is 19.9 Å². The highest BCUT2D eigenvalue weighted by atomic mass is 32.2. The summed E-state index contributed by atoms with van der Waals surface area (Å²) in [5.74, 6) is -1.58. The molecule has 1 amide bonds. The van der Waals surface area contributed by atoms with E-state index in [2.05, 4.69) is 16.1 Å². The summed E-state index contributed by atoms with van der Waals surface area (Å²) in [6, 6.07) is 4.21. The molecule has 0 fully saturated rings. The fraction of sp³-hybridized carbons (Fsp3) is 0.462. The number of thioether (sulfide) groups is 1. The van der Waals surface area contributed by atoms with Crippen molar-refractivity contribution in [1.82, 2.24) is 5.32 Å². The molecule has 1 heterocycles. The number of carbonyl (C=O) groups is 2. The predicted molar refractivity (Wildman–Crippen MR) is 131 cm³/mol. The van der Waals surface area contributed by atoms with Crippen LogP contribution in [-0.4, -0.2) is 34.6 Å². The SMILES string of the molecule is CCC1=CC2C=CC(C(=O)N[C@H](C(=O)O)C(C)(C)CC)=C(OCc3ccc(OC(F)(F)F)cc3)C2S1. The van der Waals surface area contributed by atoms with Gasteiger partial charge < -0.3 is 19.9 Å². The van der Waals surface area contributed by atoms with Crippen LogP contribution < -0.4 is 10.1 Å². The molecule has 3 atom stereocenters. The molecule has 1 aliphatic heterocycles. The number of ether oxygens (including phenoxy) is 2. The summed E-state index contributed by atoms with van der Waals surface area (Å²) in [6.07, 6.45) is 2.27. The number of carbonyl (C=O) groups excluding carboxylic acids is 1. The van der Waals surface area contributed by atoms with Gasteiger partial charge in [0.2, 0.25) is 0 Å². The van der Waals surface area contributed by atoms with Crippen molar-refractivity contribution in [2.45, 2.75) is 64.8 Å². The largest absolute Gasteiger partial charge is 0.573 e. The molecule has 0 radical (unpaired) electrons. The fourth-order valence-electron chi connectivity index (χ4n) is 3.91. The van der Waals surface area contributed by atoms with Gasteiger partial charge in [0.25, 0.3) is 5.91 Å². The zero-order valence-electron chi connectivity index (χ0n) is 20.5. The number of alkyl halides is 3. The van der Waals surface area contributed by atoms with E-state index < -0.39 is 29.7 Å². The van der Waals surface area contributed by atoms with Gasteiger partial charge in [-0.1, -0.05) is 52.0 Å². The Labute approximate surface area is 212 Å². The summed E-state index contributed by atoms with van der Waals surface area (Å²) in [5, 5.41) is 12.2. The molecular weight excluding hydrogens is 495 g/mol. The third kappa shape index (κ3) is 6.66. The maximum Gasteiger partial charge on any atom is 0.573 e. The smallest absolute Gasteiger partial charge is 0.491 e. The van der Waals surface area contributed by atoms with Crippen molar-refractivity contribution in [3.63, 3.8) is 0 Å². The first-order valence-corrected chi connectivity index (χ1v) is 12.5. The first-order valence-electron chi connectivity index (χ1n) is 11.7. The Hall–Kier alpha value is -2.88. The molecule has 2 aliphatic rings. The van der Waals surface area contributed by atoms with Crippen molar-refractivity contribution in [2.75, 3.05) is 0 Å². The molecule has 2 N–H and O–H groups in total. The average Bonchev–Trinajstić information content (AvgIpc) is 3.24. The molecule has 196 valence electrons. The summed E-state index contributed by atoms with van der Waals surface area (Å²) in [7, 11) is 0. The van der Waals surface area contributed by atoms with E-state index in [1.54, 1.807) is 31.7 Å². The minimum atomic E-state index is -4.78. The lowest BCUT2D eigenvalue weighted by Gasteiger charge is -2.32. The van der Waals surface area contributed by atoms with E-state index in [-0.39, 0.29) is 29.1 Å². The molecule has 0 aromatic heterocycles. The highest BCUT2D eigenvalue weighted by molar-refractivity contribution is 8.04. The number of aliphatic carboxylic acids is 1. The van der Waals surface area contributed by atoms with Crippen molar-refractivity contribution in [3.05, 3.63) is 64.3 Å². The predicted octanol–water partition coefficient (Wildman–Crippen LogP) is 5.96. The van der Waals surface area contributed by atoms with Crippen LogP contribution in [0.4, 0.5) is 13.2 Å². The fourth-order valence-corrected chi connectivity index (χ4v) is 5.27. The number of halogens is 3. The van der Waals surface area contributed by atoms with Gasteiger partial charge in [-0.15, -0.1) is 24.9 Å². The van der Waals surface area contributed by atoms with E-state index in [0.717, 1.165) is 11.3 Å². The number of rotatable bonds is 10. The number of nitrogens with one attached hydrogen (secondary N) is 1. The van der Waals surface area contributed by atoms with E-state index in [4.69, 9.17) is 4.74 Å². The number of carboxylic acids is 1. The van der Waals surface area contributed by atoms with Crippen molar-refractivity contribution in [2.24, 2.45) is 11.3 Å². The van der Waals surface area contributed by atoms with Crippen molar-refractivity contribution in [1.29, 1.82) is 0 Å². The monoisotopic (exact) mass is 525 g/mol. The lowest BCUT2D eigenvalue weighted by Crippen LogP contribution is -2.50. The van der Waals surface area contributed by atoms with Crippen LogP contribution in [0.25, 0.3) is 0 Å². The maximum atomic E-state index is 13.3. The van der Waals surface area contributed by atoms with E-state index >= 15 is 0 Å². The lowest BCUT2D eigenvalue weighted by atomic mass is 9.81. The van der Waals surface area contributed by atoms with Crippen LogP contribution >= 0.6 is 11.8 Å².